The summed E-state index contributed by atoms with van der Waals surface area (Å²) in [7, 11) is 0. The summed E-state index contributed by atoms with van der Waals surface area (Å²) in [5, 5.41) is 2.87. The fourth-order valence-corrected chi connectivity index (χ4v) is 3.02. The number of hydrogen-bond acceptors (Lipinski definition) is 4. The first-order valence-electron chi connectivity index (χ1n) is 8.44. The molecule has 1 aliphatic rings. The molecule has 0 bridgehead atoms. The van der Waals surface area contributed by atoms with Crippen molar-refractivity contribution in [1.82, 2.24) is 10.2 Å². The molecular weight excluding hydrogens is 308 g/mol. The van der Waals surface area contributed by atoms with Gasteiger partial charge in [0.15, 0.2) is 0 Å². The average Bonchev–Trinajstić information content (AvgIpc) is 2.69. The van der Waals surface area contributed by atoms with Crippen LogP contribution in [0.1, 0.15) is 61.1 Å². The molecule has 2 rings (SSSR count). The number of carbonyl (C=O) groups is 2. The van der Waals surface area contributed by atoms with E-state index in [4.69, 9.17) is 9.15 Å². The Morgan fingerprint density at radius 1 is 1.21 bits per heavy atom. The number of ether oxygens (including phenoxy) is 1. The van der Waals surface area contributed by atoms with Crippen LogP contribution in [0, 0.1) is 20.8 Å². The lowest BCUT2D eigenvalue weighted by molar-refractivity contribution is 0.0451. The molecule has 0 radical (unpaired) electrons. The number of alkyl carbamates (subject to hydrolysis) is 1. The zero-order valence-corrected chi connectivity index (χ0v) is 15.5. The summed E-state index contributed by atoms with van der Waals surface area (Å²) in [5.74, 6) is 1.39. The maximum Gasteiger partial charge on any atom is 0.407 e. The largest absolute Gasteiger partial charge is 0.466 e. The van der Waals surface area contributed by atoms with Gasteiger partial charge >= 0.3 is 6.09 Å². The third kappa shape index (κ3) is 4.30. The third-order valence-electron chi connectivity index (χ3n) is 4.20. The molecule has 2 amide bonds. The Bertz CT molecular complexity index is 628. The van der Waals surface area contributed by atoms with Gasteiger partial charge in [-0.25, -0.2) is 4.79 Å². The molecule has 1 N–H and O–H groups in total. The first-order valence-corrected chi connectivity index (χ1v) is 8.44. The van der Waals surface area contributed by atoms with E-state index >= 15 is 0 Å². The quantitative estimate of drug-likeness (QED) is 0.899. The lowest BCUT2D eigenvalue weighted by Crippen LogP contribution is -2.50. The number of rotatable bonds is 2. The number of hydrogen-bond donors (Lipinski definition) is 1. The molecule has 6 heteroatoms. The Hall–Kier alpha value is -1.98. The molecule has 0 saturated carbocycles. The van der Waals surface area contributed by atoms with Crippen molar-refractivity contribution in [2.75, 3.05) is 13.1 Å². The normalized spacial score (nSPS) is 18.4. The fourth-order valence-electron chi connectivity index (χ4n) is 3.02. The van der Waals surface area contributed by atoms with E-state index in [-0.39, 0.29) is 11.9 Å². The van der Waals surface area contributed by atoms with Gasteiger partial charge in [0.1, 0.15) is 17.1 Å². The summed E-state index contributed by atoms with van der Waals surface area (Å²) in [6.45, 7) is 12.2. The summed E-state index contributed by atoms with van der Waals surface area (Å²) >= 11 is 0. The Labute approximate surface area is 143 Å². The molecule has 6 nitrogen and oxygen atoms in total. The van der Waals surface area contributed by atoms with Crippen LogP contribution in [0.4, 0.5) is 4.79 Å². The van der Waals surface area contributed by atoms with Crippen molar-refractivity contribution in [3.8, 4) is 0 Å². The Morgan fingerprint density at radius 2 is 1.88 bits per heavy atom. The monoisotopic (exact) mass is 336 g/mol. The molecular formula is C18H28N2O4. The minimum absolute atomic E-state index is 0.0301. The number of likely N-dealkylation sites (tertiary alicyclic amines) is 1. The second kappa shape index (κ2) is 6.87. The second-order valence-electron chi connectivity index (χ2n) is 7.45. The highest BCUT2D eigenvalue weighted by atomic mass is 16.6. The van der Waals surface area contributed by atoms with E-state index in [0.717, 1.165) is 24.2 Å². The van der Waals surface area contributed by atoms with Gasteiger partial charge in [-0.2, -0.15) is 0 Å². The topological polar surface area (TPSA) is 71.8 Å². The van der Waals surface area contributed by atoms with E-state index in [0.29, 0.717) is 24.4 Å². The SMILES string of the molecule is Cc1oc(C)c(C(=O)N2CCCC(NC(=O)OC(C)(C)C)C2)c1C. The summed E-state index contributed by atoms with van der Waals surface area (Å²) in [5.41, 5.74) is 1.00. The summed E-state index contributed by atoms with van der Waals surface area (Å²) in [6, 6.07) is -0.0915. The fraction of sp³-hybridized carbons (Fsp3) is 0.667. The minimum Gasteiger partial charge on any atom is -0.466 e. The number of aryl methyl sites for hydroxylation is 2. The van der Waals surface area contributed by atoms with Crippen LogP contribution in [0.25, 0.3) is 0 Å². The Kier molecular flexibility index (Phi) is 5.26. The summed E-state index contributed by atoms with van der Waals surface area (Å²) < 4.78 is 10.9. The van der Waals surface area contributed by atoms with Gasteiger partial charge in [-0.1, -0.05) is 0 Å². The molecule has 1 fully saturated rings. The van der Waals surface area contributed by atoms with Gasteiger partial charge in [-0.3, -0.25) is 4.79 Å². The van der Waals surface area contributed by atoms with Crippen LogP contribution >= 0.6 is 0 Å². The molecule has 1 aromatic rings. The van der Waals surface area contributed by atoms with Gasteiger partial charge in [0.05, 0.1) is 5.56 Å². The lowest BCUT2D eigenvalue weighted by Gasteiger charge is -2.33. The van der Waals surface area contributed by atoms with Crippen LogP contribution in [-0.2, 0) is 4.74 Å². The molecule has 1 unspecified atom stereocenters. The van der Waals surface area contributed by atoms with Crippen LogP contribution in [0.15, 0.2) is 4.42 Å². The van der Waals surface area contributed by atoms with Gasteiger partial charge < -0.3 is 19.4 Å². The molecule has 0 aliphatic carbocycles. The van der Waals surface area contributed by atoms with Crippen molar-refractivity contribution in [1.29, 1.82) is 0 Å². The van der Waals surface area contributed by atoms with Crippen molar-refractivity contribution in [2.24, 2.45) is 0 Å². The van der Waals surface area contributed by atoms with Gasteiger partial charge in [0, 0.05) is 24.7 Å². The number of nitrogens with one attached hydrogen (secondary N) is 1. The maximum atomic E-state index is 12.8. The highest BCUT2D eigenvalue weighted by Gasteiger charge is 2.29. The molecule has 1 atom stereocenters. The number of piperidine rings is 1. The van der Waals surface area contributed by atoms with Crippen LogP contribution in [-0.4, -0.2) is 41.6 Å². The summed E-state index contributed by atoms with van der Waals surface area (Å²) in [4.78, 5) is 26.6. The van der Waals surface area contributed by atoms with E-state index in [1.165, 1.54) is 0 Å². The predicted octanol–water partition coefficient (Wildman–Crippen LogP) is 3.33. The molecule has 1 aliphatic heterocycles. The first kappa shape index (κ1) is 18.4. The maximum absolute atomic E-state index is 12.8. The van der Waals surface area contributed by atoms with Crippen LogP contribution in [0.2, 0.25) is 0 Å². The third-order valence-corrected chi connectivity index (χ3v) is 4.20. The predicted molar refractivity (Wildman–Crippen MR) is 91.2 cm³/mol. The van der Waals surface area contributed by atoms with Crippen molar-refractivity contribution in [2.45, 2.75) is 66.0 Å². The summed E-state index contributed by atoms with van der Waals surface area (Å²) in [6.07, 6.45) is 1.25. The van der Waals surface area contributed by atoms with E-state index in [1.807, 2.05) is 41.5 Å². The van der Waals surface area contributed by atoms with Crippen LogP contribution < -0.4 is 5.32 Å². The second-order valence-corrected chi connectivity index (χ2v) is 7.45. The smallest absolute Gasteiger partial charge is 0.407 e. The highest BCUT2D eigenvalue weighted by molar-refractivity contribution is 5.97. The number of nitrogens with zero attached hydrogens (tertiary/aromatic N) is 1. The zero-order valence-electron chi connectivity index (χ0n) is 15.5. The zero-order chi connectivity index (χ0) is 18.1. The van der Waals surface area contributed by atoms with Crippen molar-refractivity contribution in [3.63, 3.8) is 0 Å². The average molecular weight is 336 g/mol. The van der Waals surface area contributed by atoms with E-state index < -0.39 is 11.7 Å². The van der Waals surface area contributed by atoms with Gasteiger partial charge in [-0.05, 0) is 54.4 Å². The van der Waals surface area contributed by atoms with E-state index in [2.05, 4.69) is 5.32 Å². The van der Waals surface area contributed by atoms with Crippen molar-refractivity contribution >= 4 is 12.0 Å². The lowest BCUT2D eigenvalue weighted by atomic mass is 10.0. The molecule has 0 aromatic carbocycles. The van der Waals surface area contributed by atoms with Gasteiger partial charge in [0.25, 0.3) is 5.91 Å². The van der Waals surface area contributed by atoms with Crippen molar-refractivity contribution < 1.29 is 18.7 Å². The first-order chi connectivity index (χ1) is 11.1. The molecule has 24 heavy (non-hydrogen) atoms. The molecule has 0 spiro atoms. The molecule has 1 saturated heterocycles. The Morgan fingerprint density at radius 3 is 2.42 bits per heavy atom. The number of carbonyl (C=O) groups excluding carboxylic acids is 2. The standard InChI is InChI=1S/C18H28N2O4/c1-11-12(2)23-13(3)15(11)16(21)20-9-7-8-14(10-20)19-17(22)24-18(4,5)6/h14H,7-10H2,1-6H3,(H,19,22). The van der Waals surface area contributed by atoms with Crippen LogP contribution in [0.5, 0.6) is 0 Å². The van der Waals surface area contributed by atoms with Crippen LogP contribution in [0.3, 0.4) is 0 Å². The minimum atomic E-state index is -0.531. The number of amides is 2. The molecule has 2 heterocycles. The molecule has 134 valence electrons. The highest BCUT2D eigenvalue weighted by Crippen LogP contribution is 2.24. The number of furan rings is 1. The van der Waals surface area contributed by atoms with E-state index in [1.54, 1.807) is 4.90 Å². The van der Waals surface area contributed by atoms with E-state index in [9.17, 15) is 9.59 Å². The van der Waals surface area contributed by atoms with Gasteiger partial charge in [-0.15, -0.1) is 0 Å². The Balaban J connectivity index is 2.02. The van der Waals surface area contributed by atoms with Gasteiger partial charge in [0.2, 0.25) is 0 Å². The molecule has 1 aromatic heterocycles. The van der Waals surface area contributed by atoms with Crippen molar-refractivity contribution in [3.05, 3.63) is 22.6 Å².